The van der Waals surface area contributed by atoms with Crippen LogP contribution in [-0.2, 0) is 9.59 Å². The first-order valence-electron chi connectivity index (χ1n) is 12.0. The summed E-state index contributed by atoms with van der Waals surface area (Å²) < 4.78 is -0.0567. The van der Waals surface area contributed by atoms with E-state index in [-0.39, 0.29) is 27.0 Å². The molecule has 5 heterocycles. The highest BCUT2D eigenvalue weighted by atomic mass is 16.4. The van der Waals surface area contributed by atoms with Gasteiger partial charge in [-0.1, -0.05) is 0 Å². The summed E-state index contributed by atoms with van der Waals surface area (Å²) >= 11 is 0. The van der Waals surface area contributed by atoms with Gasteiger partial charge in [-0.15, -0.1) is 0 Å². The molecule has 0 aromatic carbocycles. The third-order valence-corrected chi connectivity index (χ3v) is 6.59. The van der Waals surface area contributed by atoms with Crippen LogP contribution in [0.5, 0.6) is 0 Å². The molecule has 2 aliphatic rings. The molecule has 0 spiro atoms. The number of carboxylic acid groups (broad SMARTS) is 7. The highest BCUT2D eigenvalue weighted by Crippen LogP contribution is 2.38. The Morgan fingerprint density at radius 2 is 1.09 bits per heavy atom. The highest BCUT2D eigenvalue weighted by Gasteiger charge is 2.40. The number of carboxylic acids is 6. The van der Waals surface area contributed by atoms with Crippen molar-refractivity contribution in [3.8, 4) is 0 Å². The summed E-state index contributed by atoms with van der Waals surface area (Å²) in [4.78, 5) is 98.2. The van der Waals surface area contributed by atoms with Gasteiger partial charge in [-0.2, -0.15) is 0 Å². The molecule has 0 radical (unpaired) electrons. The molecule has 3 aromatic heterocycles. The topological polar surface area (TPSA) is 308 Å². The SMILES string of the molecule is O=C(O)C1=C(C(=O)O)c2nc1c(C(=O)O)c1ccc(cc3nc(cc4c(C(=O)O)c(C(=O)O)c(c2C(=O)O)n4C(=O)O)C=C3)[nH]1. The van der Waals surface area contributed by atoms with Gasteiger partial charge >= 0.3 is 41.9 Å². The fourth-order valence-electron chi connectivity index (χ4n) is 4.98. The Balaban J connectivity index is 2.30. The average Bonchev–Trinajstić information content (AvgIpc) is 3.69. The van der Waals surface area contributed by atoms with Gasteiger partial charge in [0.05, 0.1) is 39.3 Å². The molecule has 0 amide bonds. The van der Waals surface area contributed by atoms with Crippen molar-refractivity contribution >= 4 is 87.3 Å². The molecule has 18 nitrogen and oxygen atoms in total. The molecule has 3 aromatic rings. The van der Waals surface area contributed by atoms with Crippen molar-refractivity contribution in [1.29, 1.82) is 0 Å². The number of nitrogens with one attached hydrogen (secondary N) is 1. The van der Waals surface area contributed by atoms with Gasteiger partial charge in [-0.05, 0) is 36.4 Å². The van der Waals surface area contributed by atoms with Gasteiger partial charge in [0.2, 0.25) is 0 Å². The largest absolute Gasteiger partial charge is 0.478 e. The van der Waals surface area contributed by atoms with E-state index in [1.54, 1.807) is 0 Å². The van der Waals surface area contributed by atoms with E-state index < -0.39 is 97.7 Å². The monoisotopic (exact) mass is 618 g/mol. The predicted octanol–water partition coefficient (Wildman–Crippen LogP) is 2.36. The quantitative estimate of drug-likeness (QED) is 0.154. The van der Waals surface area contributed by atoms with Crippen LogP contribution < -0.4 is 0 Å². The molecule has 226 valence electrons. The number of carbonyl (C=O) groups is 7. The molecule has 2 aliphatic heterocycles. The number of aliphatic carboxylic acids is 2. The number of aromatic nitrogens is 4. The Bertz CT molecular complexity index is 2220. The molecule has 0 saturated heterocycles. The first-order chi connectivity index (χ1) is 21.1. The number of fused-ring (bicyclic) bond motifs is 8. The maximum absolute atomic E-state index is 12.8. The van der Waals surface area contributed by atoms with Gasteiger partial charge in [0.25, 0.3) is 0 Å². The predicted molar refractivity (Wildman–Crippen MR) is 147 cm³/mol. The lowest BCUT2D eigenvalue weighted by Gasteiger charge is -2.06. The summed E-state index contributed by atoms with van der Waals surface area (Å²) in [5.41, 5.74) is -12.9. The average molecular weight is 618 g/mol. The van der Waals surface area contributed by atoms with Gasteiger partial charge in [-0.25, -0.2) is 48.1 Å². The van der Waals surface area contributed by atoms with E-state index in [2.05, 4.69) is 15.0 Å². The van der Waals surface area contributed by atoms with Crippen LogP contribution in [0.1, 0.15) is 64.2 Å². The number of hydrogen-bond donors (Lipinski definition) is 8. The van der Waals surface area contributed by atoms with Crippen LogP contribution in [0.15, 0.2) is 24.3 Å². The van der Waals surface area contributed by atoms with Crippen molar-refractivity contribution in [3.05, 3.63) is 69.3 Å². The second kappa shape index (κ2) is 10.3. The fraction of sp³-hybridized carbons (Fsp3) is 0. The maximum atomic E-state index is 12.8. The fourth-order valence-corrected chi connectivity index (χ4v) is 4.98. The maximum Gasteiger partial charge on any atom is 0.416 e. The van der Waals surface area contributed by atoms with Crippen LogP contribution in [-0.4, -0.2) is 97.2 Å². The van der Waals surface area contributed by atoms with E-state index in [4.69, 9.17) is 0 Å². The molecule has 0 unspecified atom stereocenters. The van der Waals surface area contributed by atoms with Crippen LogP contribution >= 0.6 is 0 Å². The Morgan fingerprint density at radius 1 is 0.578 bits per heavy atom. The zero-order chi connectivity index (χ0) is 33.1. The molecular formula is C27H14N4O14. The van der Waals surface area contributed by atoms with E-state index in [0.29, 0.717) is 0 Å². The van der Waals surface area contributed by atoms with Crippen LogP contribution in [0, 0.1) is 0 Å². The molecule has 5 rings (SSSR count). The van der Waals surface area contributed by atoms with Crippen molar-refractivity contribution in [2.24, 2.45) is 0 Å². The van der Waals surface area contributed by atoms with E-state index in [0.717, 1.165) is 6.07 Å². The molecule has 0 aliphatic carbocycles. The Labute approximate surface area is 245 Å². The molecule has 45 heavy (non-hydrogen) atoms. The molecule has 0 fully saturated rings. The molecule has 8 N–H and O–H groups in total. The number of nitrogens with zero attached hydrogens (tertiary/aromatic N) is 3. The van der Waals surface area contributed by atoms with Crippen molar-refractivity contribution in [2.75, 3.05) is 0 Å². The van der Waals surface area contributed by atoms with Crippen molar-refractivity contribution < 1.29 is 69.3 Å². The molecular weight excluding hydrogens is 604 g/mol. The van der Waals surface area contributed by atoms with Crippen molar-refractivity contribution in [1.82, 2.24) is 19.5 Å². The molecule has 8 bridgehead atoms. The summed E-state index contributed by atoms with van der Waals surface area (Å²) in [7, 11) is 0. The lowest BCUT2D eigenvalue weighted by atomic mass is 9.98. The first-order valence-corrected chi connectivity index (χ1v) is 12.0. The highest BCUT2D eigenvalue weighted by molar-refractivity contribution is 6.39. The standard InChI is InChI=1S/C27H14N4O14/c32-21(33)12-10-4-3-8(29-10)5-7-1-2-9(28-7)6-11-13(22(34)35)16(25(40)41)20(31(11)27(44)45)17(26(42)43)19-15(24(38)39)14(23(36)37)18(12)30-19/h1-6,29H,(H,32,33)(H,34,35)(H,36,37)(H,38,39)(H,40,41)(H,42,43)(H,44,45). The number of aromatic amines is 1. The third-order valence-electron chi connectivity index (χ3n) is 6.59. The summed E-state index contributed by atoms with van der Waals surface area (Å²) in [5, 5.41) is 70.6. The van der Waals surface area contributed by atoms with Gasteiger partial charge in [0.1, 0.15) is 33.4 Å². The first kappa shape index (κ1) is 29.4. The van der Waals surface area contributed by atoms with Crippen molar-refractivity contribution in [3.63, 3.8) is 0 Å². The van der Waals surface area contributed by atoms with E-state index in [1.165, 1.54) is 30.4 Å². The number of H-pyrrole nitrogens is 1. The molecule has 0 saturated carbocycles. The normalized spacial score (nSPS) is 12.2. The third kappa shape index (κ3) is 4.59. The summed E-state index contributed by atoms with van der Waals surface area (Å²) in [6, 6.07) is 4.70. The minimum absolute atomic E-state index is 0.0567. The van der Waals surface area contributed by atoms with Gasteiger partial charge in [0.15, 0.2) is 0 Å². The summed E-state index contributed by atoms with van der Waals surface area (Å²) in [6.45, 7) is 0. The van der Waals surface area contributed by atoms with E-state index in [9.17, 15) is 69.3 Å². The summed E-state index contributed by atoms with van der Waals surface area (Å²) in [6.07, 6.45) is 0.518. The Hall–Kier alpha value is -7.11. The second-order valence-corrected chi connectivity index (χ2v) is 9.15. The molecule has 18 heteroatoms. The van der Waals surface area contributed by atoms with E-state index >= 15 is 0 Å². The smallest absolute Gasteiger partial charge is 0.416 e. The van der Waals surface area contributed by atoms with Crippen LogP contribution in [0.2, 0.25) is 0 Å². The minimum atomic E-state index is -2.27. The van der Waals surface area contributed by atoms with Gasteiger partial charge in [-0.3, -0.25) is 0 Å². The Morgan fingerprint density at radius 3 is 1.58 bits per heavy atom. The zero-order valence-corrected chi connectivity index (χ0v) is 21.8. The van der Waals surface area contributed by atoms with Crippen LogP contribution in [0.3, 0.4) is 0 Å². The number of rotatable bonds is 6. The van der Waals surface area contributed by atoms with Gasteiger partial charge < -0.3 is 40.7 Å². The lowest BCUT2D eigenvalue weighted by molar-refractivity contribution is -0.132. The summed E-state index contributed by atoms with van der Waals surface area (Å²) in [5.74, 6) is -12.6. The van der Waals surface area contributed by atoms with Gasteiger partial charge in [0, 0.05) is 5.52 Å². The minimum Gasteiger partial charge on any atom is -0.478 e. The van der Waals surface area contributed by atoms with Crippen LogP contribution in [0.25, 0.3) is 45.4 Å². The van der Waals surface area contributed by atoms with Crippen LogP contribution in [0.4, 0.5) is 4.79 Å². The Kier molecular flexibility index (Phi) is 6.73. The zero-order valence-electron chi connectivity index (χ0n) is 21.8. The second-order valence-electron chi connectivity index (χ2n) is 9.15. The molecule has 0 atom stereocenters. The van der Waals surface area contributed by atoms with E-state index in [1.807, 2.05) is 0 Å². The number of hydrogen-bond acceptors (Lipinski definition) is 9. The number of aromatic carboxylic acids is 4. The van der Waals surface area contributed by atoms with Crippen molar-refractivity contribution in [2.45, 2.75) is 0 Å². The lowest BCUT2D eigenvalue weighted by Crippen LogP contribution is -2.15.